The highest BCUT2D eigenvalue weighted by molar-refractivity contribution is 5.96. The van der Waals surface area contributed by atoms with Crippen molar-refractivity contribution >= 4 is 11.7 Å². The lowest BCUT2D eigenvalue weighted by Gasteiger charge is -2.17. The second-order valence-corrected chi connectivity index (χ2v) is 4.31. The summed E-state index contributed by atoms with van der Waals surface area (Å²) >= 11 is 0. The zero-order valence-corrected chi connectivity index (χ0v) is 9.66. The van der Waals surface area contributed by atoms with Gasteiger partial charge in [-0.25, -0.2) is 0 Å². The SMILES string of the molecule is CC(=O)CC(=O)N1CCC(OC(C)C)C1. The lowest BCUT2D eigenvalue weighted by molar-refractivity contribution is -0.134. The van der Waals surface area contributed by atoms with Crippen LogP contribution in [-0.2, 0) is 14.3 Å². The van der Waals surface area contributed by atoms with E-state index in [4.69, 9.17) is 4.74 Å². The van der Waals surface area contributed by atoms with Crippen molar-refractivity contribution in [2.75, 3.05) is 13.1 Å². The molecule has 0 saturated carbocycles. The molecule has 1 aliphatic heterocycles. The molecule has 0 aromatic carbocycles. The van der Waals surface area contributed by atoms with Crippen LogP contribution in [0.5, 0.6) is 0 Å². The van der Waals surface area contributed by atoms with Crippen molar-refractivity contribution in [1.82, 2.24) is 4.90 Å². The molecule has 1 heterocycles. The molecule has 1 aliphatic rings. The van der Waals surface area contributed by atoms with Gasteiger partial charge in [0.25, 0.3) is 0 Å². The van der Waals surface area contributed by atoms with Gasteiger partial charge >= 0.3 is 0 Å². The molecule has 86 valence electrons. The van der Waals surface area contributed by atoms with Gasteiger partial charge in [0, 0.05) is 13.1 Å². The Morgan fingerprint density at radius 2 is 2.13 bits per heavy atom. The first-order valence-corrected chi connectivity index (χ1v) is 5.41. The van der Waals surface area contributed by atoms with E-state index in [1.807, 2.05) is 13.8 Å². The number of amides is 1. The first-order chi connectivity index (χ1) is 6.99. The third kappa shape index (κ3) is 4.00. The van der Waals surface area contributed by atoms with E-state index in [0.29, 0.717) is 13.1 Å². The summed E-state index contributed by atoms with van der Waals surface area (Å²) < 4.78 is 5.62. The number of nitrogens with zero attached hydrogens (tertiary/aromatic N) is 1. The highest BCUT2D eigenvalue weighted by Crippen LogP contribution is 2.15. The molecule has 0 spiro atoms. The molecule has 0 bridgehead atoms. The van der Waals surface area contributed by atoms with Crippen molar-refractivity contribution in [3.63, 3.8) is 0 Å². The number of likely N-dealkylation sites (tertiary alicyclic amines) is 1. The number of hydrogen-bond donors (Lipinski definition) is 0. The number of carbonyl (C=O) groups is 2. The zero-order chi connectivity index (χ0) is 11.4. The number of Topliss-reactive ketones (excluding diaryl/α,β-unsaturated/α-hetero) is 1. The Kier molecular flexibility index (Phi) is 4.27. The molecule has 1 unspecified atom stereocenters. The van der Waals surface area contributed by atoms with E-state index in [1.165, 1.54) is 6.92 Å². The number of ether oxygens (including phenoxy) is 1. The summed E-state index contributed by atoms with van der Waals surface area (Å²) in [5.74, 6) is -0.148. The van der Waals surface area contributed by atoms with Crippen LogP contribution in [-0.4, -0.2) is 41.9 Å². The van der Waals surface area contributed by atoms with Crippen molar-refractivity contribution < 1.29 is 14.3 Å². The second-order valence-electron chi connectivity index (χ2n) is 4.31. The summed E-state index contributed by atoms with van der Waals surface area (Å²) in [5, 5.41) is 0. The van der Waals surface area contributed by atoms with E-state index in [-0.39, 0.29) is 30.3 Å². The molecule has 1 fully saturated rings. The molecule has 0 aliphatic carbocycles. The number of ketones is 1. The molecule has 1 amide bonds. The van der Waals surface area contributed by atoms with Gasteiger partial charge in [-0.1, -0.05) is 0 Å². The van der Waals surface area contributed by atoms with Crippen LogP contribution in [0.15, 0.2) is 0 Å². The van der Waals surface area contributed by atoms with Crippen molar-refractivity contribution in [2.45, 2.75) is 45.8 Å². The Balaban J connectivity index is 2.35. The van der Waals surface area contributed by atoms with Gasteiger partial charge in [0.15, 0.2) is 0 Å². The topological polar surface area (TPSA) is 46.6 Å². The molecule has 1 atom stereocenters. The molecule has 1 rings (SSSR count). The Morgan fingerprint density at radius 3 is 2.67 bits per heavy atom. The lowest BCUT2D eigenvalue weighted by atomic mass is 10.3. The molecule has 1 saturated heterocycles. The van der Waals surface area contributed by atoms with Crippen LogP contribution in [0.1, 0.15) is 33.6 Å². The largest absolute Gasteiger partial charge is 0.374 e. The standard InChI is InChI=1S/C11H19NO3/c1-8(2)15-10-4-5-12(7-10)11(14)6-9(3)13/h8,10H,4-7H2,1-3H3. The summed E-state index contributed by atoms with van der Waals surface area (Å²) in [4.78, 5) is 24.0. The fourth-order valence-electron chi connectivity index (χ4n) is 1.78. The summed E-state index contributed by atoms with van der Waals surface area (Å²) in [6.45, 7) is 6.75. The molecule has 0 aromatic heterocycles. The van der Waals surface area contributed by atoms with Gasteiger partial charge in [-0.15, -0.1) is 0 Å². The maximum absolute atomic E-state index is 11.5. The van der Waals surface area contributed by atoms with E-state index in [1.54, 1.807) is 4.90 Å². The van der Waals surface area contributed by atoms with E-state index in [2.05, 4.69) is 0 Å². The first kappa shape index (κ1) is 12.2. The molecule has 0 radical (unpaired) electrons. The fourth-order valence-corrected chi connectivity index (χ4v) is 1.78. The van der Waals surface area contributed by atoms with E-state index in [0.717, 1.165) is 6.42 Å². The Morgan fingerprint density at radius 1 is 1.47 bits per heavy atom. The molecule has 15 heavy (non-hydrogen) atoms. The molecule has 0 aromatic rings. The zero-order valence-electron chi connectivity index (χ0n) is 9.66. The predicted molar refractivity (Wildman–Crippen MR) is 56.5 cm³/mol. The number of hydrogen-bond acceptors (Lipinski definition) is 3. The van der Waals surface area contributed by atoms with Crippen LogP contribution in [0.25, 0.3) is 0 Å². The van der Waals surface area contributed by atoms with Gasteiger partial charge in [-0.05, 0) is 27.2 Å². The second kappa shape index (κ2) is 5.26. The van der Waals surface area contributed by atoms with Crippen molar-refractivity contribution in [3.05, 3.63) is 0 Å². The molecular weight excluding hydrogens is 194 g/mol. The van der Waals surface area contributed by atoms with Crippen LogP contribution >= 0.6 is 0 Å². The van der Waals surface area contributed by atoms with E-state index in [9.17, 15) is 9.59 Å². The van der Waals surface area contributed by atoms with Gasteiger partial charge in [0.05, 0.1) is 18.6 Å². The minimum atomic E-state index is -0.0757. The van der Waals surface area contributed by atoms with Crippen molar-refractivity contribution in [3.8, 4) is 0 Å². The Labute approximate surface area is 90.6 Å². The van der Waals surface area contributed by atoms with Gasteiger partial charge in [-0.2, -0.15) is 0 Å². The minimum Gasteiger partial charge on any atom is -0.374 e. The van der Waals surface area contributed by atoms with Crippen LogP contribution in [0, 0.1) is 0 Å². The van der Waals surface area contributed by atoms with Gasteiger partial charge in [0.2, 0.25) is 5.91 Å². The van der Waals surface area contributed by atoms with E-state index >= 15 is 0 Å². The van der Waals surface area contributed by atoms with Crippen molar-refractivity contribution in [1.29, 1.82) is 0 Å². The monoisotopic (exact) mass is 213 g/mol. The fraction of sp³-hybridized carbons (Fsp3) is 0.818. The molecule has 4 heteroatoms. The average molecular weight is 213 g/mol. The molecule has 0 N–H and O–H groups in total. The summed E-state index contributed by atoms with van der Waals surface area (Å²) in [5.41, 5.74) is 0. The smallest absolute Gasteiger partial charge is 0.230 e. The highest BCUT2D eigenvalue weighted by Gasteiger charge is 2.27. The Hall–Kier alpha value is -0.900. The average Bonchev–Trinajstić information content (AvgIpc) is 2.50. The predicted octanol–water partition coefficient (Wildman–Crippen LogP) is 0.991. The van der Waals surface area contributed by atoms with Gasteiger partial charge in [0.1, 0.15) is 5.78 Å². The number of rotatable bonds is 4. The third-order valence-electron chi connectivity index (χ3n) is 2.36. The summed E-state index contributed by atoms with van der Waals surface area (Å²) in [7, 11) is 0. The van der Waals surface area contributed by atoms with Crippen LogP contribution < -0.4 is 0 Å². The Bertz CT molecular complexity index is 250. The normalized spacial score (nSPS) is 21.1. The first-order valence-electron chi connectivity index (χ1n) is 5.41. The third-order valence-corrected chi connectivity index (χ3v) is 2.36. The maximum atomic E-state index is 11.5. The van der Waals surface area contributed by atoms with Gasteiger partial charge in [-0.3, -0.25) is 9.59 Å². The number of carbonyl (C=O) groups excluding carboxylic acids is 2. The minimum absolute atomic E-state index is 0.0222. The van der Waals surface area contributed by atoms with Crippen LogP contribution in [0.2, 0.25) is 0 Å². The molecule has 4 nitrogen and oxygen atoms in total. The van der Waals surface area contributed by atoms with Crippen molar-refractivity contribution in [2.24, 2.45) is 0 Å². The van der Waals surface area contributed by atoms with E-state index < -0.39 is 0 Å². The van der Waals surface area contributed by atoms with Crippen LogP contribution in [0.4, 0.5) is 0 Å². The summed E-state index contributed by atoms with van der Waals surface area (Å²) in [6, 6.07) is 0. The van der Waals surface area contributed by atoms with Crippen LogP contribution in [0.3, 0.4) is 0 Å². The highest BCUT2D eigenvalue weighted by atomic mass is 16.5. The quantitative estimate of drug-likeness (QED) is 0.654. The van der Waals surface area contributed by atoms with Gasteiger partial charge < -0.3 is 9.64 Å². The molecular formula is C11H19NO3. The maximum Gasteiger partial charge on any atom is 0.230 e. The summed E-state index contributed by atoms with van der Waals surface area (Å²) in [6.07, 6.45) is 1.23. The lowest BCUT2D eigenvalue weighted by Crippen LogP contribution is -2.31.